The first-order valence-corrected chi connectivity index (χ1v) is 7.18. The lowest BCUT2D eigenvalue weighted by Crippen LogP contribution is -2.09. The molecule has 1 atom stereocenters. The molecule has 0 saturated heterocycles. The summed E-state index contributed by atoms with van der Waals surface area (Å²) in [6.07, 6.45) is 1.63. The van der Waals surface area contributed by atoms with Crippen molar-refractivity contribution in [3.05, 3.63) is 34.3 Å². The molecule has 2 aromatic rings. The van der Waals surface area contributed by atoms with Gasteiger partial charge in [0.15, 0.2) is 0 Å². The molecule has 0 aromatic carbocycles. The van der Waals surface area contributed by atoms with Gasteiger partial charge in [0.05, 0.1) is 12.1 Å². The van der Waals surface area contributed by atoms with Crippen LogP contribution < -0.4 is 10.1 Å². The number of anilines is 1. The van der Waals surface area contributed by atoms with Crippen LogP contribution in [0.1, 0.15) is 36.6 Å². The van der Waals surface area contributed by atoms with Gasteiger partial charge in [-0.15, -0.1) is 11.3 Å². The van der Waals surface area contributed by atoms with Crippen LogP contribution in [0.4, 0.5) is 5.82 Å². The first-order valence-electron chi connectivity index (χ1n) is 6.36. The van der Waals surface area contributed by atoms with Gasteiger partial charge in [-0.1, -0.05) is 0 Å². The number of nitrogens with one attached hydrogen (secondary N) is 1. The third kappa shape index (κ3) is 3.92. The molecule has 0 radical (unpaired) electrons. The van der Waals surface area contributed by atoms with E-state index >= 15 is 0 Å². The van der Waals surface area contributed by atoms with Crippen LogP contribution in [0.3, 0.4) is 0 Å². The van der Waals surface area contributed by atoms with E-state index in [0.29, 0.717) is 5.88 Å². The van der Waals surface area contributed by atoms with Crippen LogP contribution in [0, 0.1) is 6.92 Å². The molecule has 2 heterocycles. The molecule has 102 valence electrons. The van der Waals surface area contributed by atoms with Crippen LogP contribution in [-0.2, 0) is 0 Å². The second-order valence-electron chi connectivity index (χ2n) is 4.72. The monoisotopic (exact) mass is 277 g/mol. The van der Waals surface area contributed by atoms with Gasteiger partial charge < -0.3 is 10.1 Å². The SMILES string of the molecule is Cc1ccc(C(C)Nc2cc(OC(C)C)ncn2)s1. The maximum atomic E-state index is 5.56. The maximum absolute atomic E-state index is 5.56. The van der Waals surface area contributed by atoms with Crippen molar-refractivity contribution < 1.29 is 4.74 Å². The molecule has 2 rings (SSSR count). The van der Waals surface area contributed by atoms with Gasteiger partial charge in [0.2, 0.25) is 5.88 Å². The molecular weight excluding hydrogens is 258 g/mol. The van der Waals surface area contributed by atoms with Crippen LogP contribution in [0.2, 0.25) is 0 Å². The lowest BCUT2D eigenvalue weighted by molar-refractivity contribution is 0.232. The topological polar surface area (TPSA) is 47.0 Å². The van der Waals surface area contributed by atoms with Gasteiger partial charge in [-0.2, -0.15) is 0 Å². The summed E-state index contributed by atoms with van der Waals surface area (Å²) in [7, 11) is 0. The Morgan fingerprint density at radius 3 is 2.63 bits per heavy atom. The second kappa shape index (κ2) is 6.02. The van der Waals surface area contributed by atoms with E-state index < -0.39 is 0 Å². The number of hydrogen-bond acceptors (Lipinski definition) is 5. The van der Waals surface area contributed by atoms with Gasteiger partial charge in [-0.05, 0) is 39.8 Å². The number of nitrogens with zero attached hydrogens (tertiary/aromatic N) is 2. The number of ether oxygens (including phenoxy) is 1. The quantitative estimate of drug-likeness (QED) is 0.903. The minimum Gasteiger partial charge on any atom is -0.475 e. The van der Waals surface area contributed by atoms with E-state index in [4.69, 9.17) is 4.74 Å². The molecule has 0 spiro atoms. The molecule has 0 amide bonds. The van der Waals surface area contributed by atoms with Gasteiger partial charge in [0.25, 0.3) is 0 Å². The molecule has 1 unspecified atom stereocenters. The second-order valence-corrected chi connectivity index (χ2v) is 6.04. The number of aryl methyl sites for hydroxylation is 1. The van der Waals surface area contributed by atoms with Crippen molar-refractivity contribution in [2.75, 3.05) is 5.32 Å². The Morgan fingerprint density at radius 2 is 2.00 bits per heavy atom. The summed E-state index contributed by atoms with van der Waals surface area (Å²) in [5.41, 5.74) is 0. The Balaban J connectivity index is 2.06. The molecule has 0 aliphatic heterocycles. The Hall–Kier alpha value is -1.62. The third-order valence-electron chi connectivity index (χ3n) is 2.55. The maximum Gasteiger partial charge on any atom is 0.218 e. The van der Waals surface area contributed by atoms with Crippen molar-refractivity contribution >= 4 is 17.2 Å². The van der Waals surface area contributed by atoms with E-state index in [1.54, 1.807) is 11.3 Å². The van der Waals surface area contributed by atoms with Crippen molar-refractivity contribution in [1.29, 1.82) is 0 Å². The average Bonchev–Trinajstić information content (AvgIpc) is 2.75. The molecule has 0 aliphatic carbocycles. The van der Waals surface area contributed by atoms with Gasteiger partial charge in [0.1, 0.15) is 12.1 Å². The van der Waals surface area contributed by atoms with Crippen molar-refractivity contribution in [2.24, 2.45) is 0 Å². The fourth-order valence-corrected chi connectivity index (χ4v) is 2.58. The van der Waals surface area contributed by atoms with E-state index in [-0.39, 0.29) is 12.1 Å². The third-order valence-corrected chi connectivity index (χ3v) is 3.73. The lowest BCUT2D eigenvalue weighted by Gasteiger charge is -2.14. The van der Waals surface area contributed by atoms with Crippen molar-refractivity contribution in [3.8, 4) is 5.88 Å². The molecule has 5 heteroatoms. The predicted molar refractivity (Wildman–Crippen MR) is 78.9 cm³/mol. The van der Waals surface area contributed by atoms with E-state index in [0.717, 1.165) is 5.82 Å². The highest BCUT2D eigenvalue weighted by atomic mass is 32.1. The lowest BCUT2D eigenvalue weighted by atomic mass is 10.2. The molecule has 0 saturated carbocycles. The minimum atomic E-state index is 0.111. The number of thiophene rings is 1. The van der Waals surface area contributed by atoms with Crippen LogP contribution >= 0.6 is 11.3 Å². The fourth-order valence-electron chi connectivity index (χ4n) is 1.70. The van der Waals surface area contributed by atoms with Crippen LogP contribution in [-0.4, -0.2) is 16.1 Å². The standard InChI is InChI=1S/C14H19N3OS/c1-9(2)18-14-7-13(15-8-16-14)17-11(4)12-6-5-10(3)19-12/h5-9,11H,1-4H3,(H,15,16,17). The normalized spacial score (nSPS) is 12.5. The largest absolute Gasteiger partial charge is 0.475 e. The van der Waals surface area contributed by atoms with E-state index in [1.807, 2.05) is 19.9 Å². The number of rotatable bonds is 5. The van der Waals surface area contributed by atoms with E-state index in [1.165, 1.54) is 16.1 Å². The predicted octanol–water partition coefficient (Wildman–Crippen LogP) is 3.81. The molecule has 4 nitrogen and oxygen atoms in total. The van der Waals surface area contributed by atoms with Crippen molar-refractivity contribution in [1.82, 2.24) is 9.97 Å². The van der Waals surface area contributed by atoms with E-state index in [9.17, 15) is 0 Å². The molecule has 2 aromatic heterocycles. The summed E-state index contributed by atoms with van der Waals surface area (Å²) >= 11 is 1.79. The van der Waals surface area contributed by atoms with Crippen molar-refractivity contribution in [3.63, 3.8) is 0 Å². The smallest absolute Gasteiger partial charge is 0.218 e. The molecule has 1 N–H and O–H groups in total. The van der Waals surface area contributed by atoms with Gasteiger partial charge in [-0.3, -0.25) is 0 Å². The Bertz CT molecular complexity index is 539. The minimum absolute atomic E-state index is 0.111. The summed E-state index contributed by atoms with van der Waals surface area (Å²) in [5, 5.41) is 3.36. The van der Waals surface area contributed by atoms with Crippen LogP contribution in [0.5, 0.6) is 5.88 Å². The summed E-state index contributed by atoms with van der Waals surface area (Å²) in [5.74, 6) is 1.38. The first-order chi connectivity index (χ1) is 9.04. The number of aromatic nitrogens is 2. The fraction of sp³-hybridized carbons (Fsp3) is 0.429. The first kappa shape index (κ1) is 13.8. The highest BCUT2D eigenvalue weighted by Crippen LogP contribution is 2.25. The number of hydrogen-bond donors (Lipinski definition) is 1. The Labute approximate surface area is 117 Å². The Morgan fingerprint density at radius 1 is 1.21 bits per heavy atom. The molecule has 0 bridgehead atoms. The zero-order chi connectivity index (χ0) is 13.8. The average molecular weight is 277 g/mol. The summed E-state index contributed by atoms with van der Waals surface area (Å²) in [4.78, 5) is 10.9. The van der Waals surface area contributed by atoms with Gasteiger partial charge in [0, 0.05) is 15.8 Å². The van der Waals surface area contributed by atoms with Gasteiger partial charge in [-0.25, -0.2) is 9.97 Å². The molecule has 0 fully saturated rings. The molecule has 0 aliphatic rings. The zero-order valence-corrected chi connectivity index (χ0v) is 12.5. The summed E-state index contributed by atoms with van der Waals surface area (Å²) < 4.78 is 5.56. The Kier molecular flexibility index (Phi) is 4.37. The van der Waals surface area contributed by atoms with Crippen LogP contribution in [0.15, 0.2) is 24.5 Å². The summed E-state index contributed by atoms with van der Waals surface area (Å²) in [6, 6.07) is 6.33. The summed E-state index contributed by atoms with van der Waals surface area (Å²) in [6.45, 7) is 8.19. The zero-order valence-electron chi connectivity index (χ0n) is 11.7. The van der Waals surface area contributed by atoms with E-state index in [2.05, 4.69) is 41.3 Å². The highest BCUT2D eigenvalue weighted by molar-refractivity contribution is 7.12. The molecular formula is C14H19N3OS. The molecule has 19 heavy (non-hydrogen) atoms. The van der Waals surface area contributed by atoms with Gasteiger partial charge >= 0.3 is 0 Å². The highest BCUT2D eigenvalue weighted by Gasteiger charge is 2.09. The van der Waals surface area contributed by atoms with Crippen molar-refractivity contribution in [2.45, 2.75) is 39.8 Å². The van der Waals surface area contributed by atoms with Crippen LogP contribution in [0.25, 0.3) is 0 Å².